The Bertz CT molecular complexity index is 1200. The van der Waals surface area contributed by atoms with Crippen LogP contribution in [0.5, 0.6) is 0 Å². The van der Waals surface area contributed by atoms with E-state index in [1.807, 2.05) is 47.8 Å². The van der Waals surface area contributed by atoms with Gasteiger partial charge in [-0.15, -0.1) is 5.10 Å². The van der Waals surface area contributed by atoms with Crippen LogP contribution in [-0.4, -0.2) is 48.7 Å². The number of aromatic nitrogens is 4. The van der Waals surface area contributed by atoms with E-state index in [1.165, 1.54) is 6.42 Å². The summed E-state index contributed by atoms with van der Waals surface area (Å²) in [5.41, 5.74) is 3.66. The molecule has 2 aliphatic rings. The molecule has 0 saturated carbocycles. The Labute approximate surface area is 202 Å². The fraction of sp³-hybridized carbons (Fsp3) is 0.583. The average Bonchev–Trinajstić information content (AvgIpc) is 3.56. The molecule has 2 aromatic heterocycles. The zero-order valence-corrected chi connectivity index (χ0v) is 20.4. The van der Waals surface area contributed by atoms with Crippen LogP contribution in [0, 0.1) is 6.92 Å². The van der Waals surface area contributed by atoms with Crippen LogP contribution in [0.15, 0.2) is 33.6 Å². The monoisotopic (exact) mass is 484 g/mol. The van der Waals surface area contributed by atoms with E-state index < -0.39 is 0 Å². The fourth-order valence-electron chi connectivity index (χ4n) is 4.96. The van der Waals surface area contributed by atoms with E-state index in [-0.39, 0.29) is 11.8 Å². The lowest BCUT2D eigenvalue weighted by molar-refractivity contribution is 0.247. The summed E-state index contributed by atoms with van der Waals surface area (Å²) in [4.78, 5) is 23.6. The maximum absolute atomic E-state index is 12.1. The first-order chi connectivity index (χ1) is 16.6. The molecule has 1 aromatic carbocycles. The van der Waals surface area contributed by atoms with Crippen molar-refractivity contribution in [3.8, 4) is 0 Å². The van der Waals surface area contributed by atoms with Crippen LogP contribution < -0.4 is 16.4 Å². The number of aryl methyl sites for hydroxylation is 4. The Hall–Kier alpha value is -2.75. The predicted molar refractivity (Wildman–Crippen MR) is 132 cm³/mol. The van der Waals surface area contributed by atoms with Crippen molar-refractivity contribution < 1.29 is 9.21 Å². The molecule has 4 heterocycles. The topological polar surface area (TPSA) is 107 Å². The summed E-state index contributed by atoms with van der Waals surface area (Å²) in [7, 11) is 0. The number of hydrogen-bond acceptors (Lipinski definition) is 6. The van der Waals surface area contributed by atoms with Gasteiger partial charge in [-0.25, -0.2) is 9.59 Å². The summed E-state index contributed by atoms with van der Waals surface area (Å²) in [6, 6.07) is 6.40. The van der Waals surface area contributed by atoms with Gasteiger partial charge in [0.1, 0.15) is 0 Å². The van der Waals surface area contributed by atoms with Gasteiger partial charge >= 0.3 is 11.8 Å². The number of hydrogen-bond donors (Lipinski definition) is 2. The van der Waals surface area contributed by atoms with E-state index in [4.69, 9.17) is 4.42 Å². The maximum atomic E-state index is 12.1. The molecule has 0 aliphatic carbocycles. The van der Waals surface area contributed by atoms with Gasteiger partial charge in [0.15, 0.2) is 5.58 Å². The summed E-state index contributed by atoms with van der Waals surface area (Å²) < 4.78 is 8.96. The summed E-state index contributed by atoms with van der Waals surface area (Å²) in [5, 5.41) is 15.2. The summed E-state index contributed by atoms with van der Waals surface area (Å²) >= 11 is 1.98. The number of rotatable bonds is 11. The number of nitrogens with one attached hydrogen (secondary N) is 2. The number of carbonyl (C=O) groups excluding carboxylic acids is 1. The number of unbranched alkanes of at least 4 members (excludes halogenated alkanes) is 3. The lowest BCUT2D eigenvalue weighted by atomic mass is 10.0. The zero-order chi connectivity index (χ0) is 23.5. The average molecular weight is 485 g/mol. The summed E-state index contributed by atoms with van der Waals surface area (Å²) in [6.45, 7) is 3.44. The van der Waals surface area contributed by atoms with E-state index in [9.17, 15) is 9.59 Å². The molecule has 34 heavy (non-hydrogen) atoms. The van der Waals surface area contributed by atoms with Gasteiger partial charge in [-0.05, 0) is 56.7 Å². The molecule has 0 unspecified atom stereocenters. The predicted octanol–water partition coefficient (Wildman–Crippen LogP) is 3.24. The quantitative estimate of drug-likeness (QED) is 0.320. The number of fused-ring (bicyclic) bond motifs is 2. The molecule has 0 radical (unpaired) electrons. The first-order valence-corrected chi connectivity index (χ1v) is 13.3. The van der Waals surface area contributed by atoms with Gasteiger partial charge < -0.3 is 15.1 Å². The van der Waals surface area contributed by atoms with Crippen LogP contribution in [0.1, 0.15) is 49.8 Å². The minimum absolute atomic E-state index is 0.0117. The van der Waals surface area contributed by atoms with E-state index in [1.54, 1.807) is 4.57 Å². The largest absolute Gasteiger partial charge is 0.419 e. The van der Waals surface area contributed by atoms with Crippen molar-refractivity contribution in [1.82, 2.24) is 30.2 Å². The van der Waals surface area contributed by atoms with E-state index >= 15 is 0 Å². The third-order valence-corrected chi connectivity index (χ3v) is 8.30. The molecule has 3 aromatic rings. The van der Waals surface area contributed by atoms with Gasteiger partial charge in [0, 0.05) is 30.3 Å². The standard InChI is InChI=1S/C24H32N6O3S/c1-16-9-10-20-19(13-16)30(24(32)33-20)12-6-5-11-29-14-17(27-28-29)7-3-2-4-8-21-22-18(15-34-21)25-23(31)26-22/h9-10,13-14,18,21-22H,2-8,11-12,15H2,1H3,(H2,25,26,31)/t18-,21-,22-/m0/s1. The van der Waals surface area contributed by atoms with Crippen LogP contribution in [-0.2, 0) is 19.5 Å². The first-order valence-electron chi connectivity index (χ1n) is 12.2. The molecule has 0 spiro atoms. The molecular formula is C24H32N6O3S. The number of amides is 2. The van der Waals surface area contributed by atoms with Gasteiger partial charge in [0.05, 0.1) is 23.3 Å². The summed E-state index contributed by atoms with van der Waals surface area (Å²) in [5.74, 6) is 0.728. The van der Waals surface area contributed by atoms with Crippen molar-refractivity contribution in [2.75, 3.05) is 5.75 Å². The van der Waals surface area contributed by atoms with Crippen molar-refractivity contribution in [2.24, 2.45) is 0 Å². The van der Waals surface area contributed by atoms with Crippen LogP contribution in [0.25, 0.3) is 11.1 Å². The highest BCUT2D eigenvalue weighted by Crippen LogP contribution is 2.33. The van der Waals surface area contributed by atoms with Gasteiger partial charge in [-0.1, -0.05) is 24.1 Å². The number of urea groups is 1. The first kappa shape index (κ1) is 23.0. The Morgan fingerprint density at radius 1 is 1.12 bits per heavy atom. The zero-order valence-electron chi connectivity index (χ0n) is 19.5. The smallest absolute Gasteiger partial charge is 0.408 e. The van der Waals surface area contributed by atoms with Crippen molar-refractivity contribution in [3.05, 3.63) is 46.2 Å². The van der Waals surface area contributed by atoms with Gasteiger partial charge in [-0.3, -0.25) is 9.25 Å². The van der Waals surface area contributed by atoms with Crippen molar-refractivity contribution >= 4 is 28.9 Å². The SMILES string of the molecule is Cc1ccc2oc(=O)n(CCCCn3cc(CCCCC[C@@H]4SC[C@@H]5NC(=O)N[C@@H]54)nn3)c2c1. The van der Waals surface area contributed by atoms with Gasteiger partial charge in [-0.2, -0.15) is 11.8 Å². The lowest BCUT2D eigenvalue weighted by Gasteiger charge is -2.16. The second kappa shape index (κ2) is 10.2. The minimum Gasteiger partial charge on any atom is -0.408 e. The molecule has 182 valence electrons. The Balaban J connectivity index is 0.993. The van der Waals surface area contributed by atoms with Crippen LogP contribution in [0.4, 0.5) is 4.79 Å². The van der Waals surface area contributed by atoms with E-state index in [2.05, 4.69) is 20.9 Å². The molecule has 2 amide bonds. The molecule has 3 atom stereocenters. The normalized spacial score (nSPS) is 21.7. The molecule has 2 aliphatic heterocycles. The van der Waals surface area contributed by atoms with Gasteiger partial charge in [0.2, 0.25) is 0 Å². The Morgan fingerprint density at radius 3 is 2.91 bits per heavy atom. The van der Waals surface area contributed by atoms with Crippen molar-refractivity contribution in [2.45, 2.75) is 82.3 Å². The number of carbonyl (C=O) groups is 1. The highest BCUT2D eigenvalue weighted by atomic mass is 32.2. The van der Waals surface area contributed by atoms with Crippen molar-refractivity contribution in [1.29, 1.82) is 0 Å². The highest BCUT2D eigenvalue weighted by Gasteiger charge is 2.42. The third-order valence-electron chi connectivity index (χ3n) is 6.79. The second-order valence-corrected chi connectivity index (χ2v) is 10.7. The third kappa shape index (κ3) is 5.16. The van der Waals surface area contributed by atoms with E-state index in [0.717, 1.165) is 67.6 Å². The Kier molecular flexibility index (Phi) is 6.94. The minimum atomic E-state index is -0.292. The number of nitrogens with zero attached hydrogens (tertiary/aromatic N) is 4. The number of benzene rings is 1. The molecule has 2 N–H and O–H groups in total. The van der Waals surface area contributed by atoms with E-state index in [0.29, 0.717) is 29.5 Å². The molecule has 9 nitrogen and oxygen atoms in total. The Morgan fingerprint density at radius 2 is 2.00 bits per heavy atom. The van der Waals surface area contributed by atoms with Crippen molar-refractivity contribution in [3.63, 3.8) is 0 Å². The van der Waals surface area contributed by atoms with Crippen LogP contribution in [0.3, 0.4) is 0 Å². The molecule has 2 saturated heterocycles. The molecule has 0 bridgehead atoms. The highest BCUT2D eigenvalue weighted by molar-refractivity contribution is 8.00. The van der Waals surface area contributed by atoms with Crippen LogP contribution in [0.2, 0.25) is 0 Å². The number of thioether (sulfide) groups is 1. The maximum Gasteiger partial charge on any atom is 0.419 e. The second-order valence-electron chi connectivity index (χ2n) is 9.39. The molecule has 10 heteroatoms. The number of oxazole rings is 1. The van der Waals surface area contributed by atoms with Crippen LogP contribution >= 0.6 is 11.8 Å². The fourth-order valence-corrected chi connectivity index (χ4v) is 6.50. The lowest BCUT2D eigenvalue weighted by Crippen LogP contribution is -2.36. The van der Waals surface area contributed by atoms with Gasteiger partial charge in [0.25, 0.3) is 0 Å². The molecular weight excluding hydrogens is 452 g/mol. The molecule has 5 rings (SSSR count). The summed E-state index contributed by atoms with van der Waals surface area (Å²) in [6.07, 6.45) is 9.36. The molecule has 2 fully saturated rings.